The van der Waals surface area contributed by atoms with E-state index in [-0.39, 0.29) is 5.82 Å². The molecule has 0 spiro atoms. The van der Waals surface area contributed by atoms with Crippen molar-refractivity contribution in [1.29, 1.82) is 0 Å². The van der Waals surface area contributed by atoms with Crippen LogP contribution in [0.2, 0.25) is 0 Å². The first-order valence-electron chi connectivity index (χ1n) is 5.67. The number of hydrogen-bond donors (Lipinski definition) is 1. The van der Waals surface area contributed by atoms with Crippen molar-refractivity contribution in [2.24, 2.45) is 0 Å². The van der Waals surface area contributed by atoms with Crippen LogP contribution in [0.15, 0.2) is 36.5 Å². The number of halogens is 1. The molecule has 17 heavy (non-hydrogen) atoms. The van der Waals surface area contributed by atoms with E-state index in [0.717, 1.165) is 23.5 Å². The van der Waals surface area contributed by atoms with Crippen LogP contribution in [0.4, 0.5) is 10.1 Å². The molecule has 0 aliphatic heterocycles. The molecule has 1 aromatic carbocycles. The number of rotatable bonds is 3. The molecule has 2 rings (SSSR count). The van der Waals surface area contributed by atoms with E-state index < -0.39 is 0 Å². The minimum absolute atomic E-state index is 0.196. The van der Waals surface area contributed by atoms with Gasteiger partial charge in [0.1, 0.15) is 5.82 Å². The molecule has 0 fully saturated rings. The van der Waals surface area contributed by atoms with E-state index in [9.17, 15) is 4.39 Å². The summed E-state index contributed by atoms with van der Waals surface area (Å²) in [7, 11) is 0. The molecule has 1 heterocycles. The Morgan fingerprint density at radius 3 is 2.88 bits per heavy atom. The van der Waals surface area contributed by atoms with E-state index in [1.807, 2.05) is 25.1 Å². The molecule has 0 amide bonds. The van der Waals surface area contributed by atoms with Crippen molar-refractivity contribution >= 4 is 5.69 Å². The maximum atomic E-state index is 13.5. The highest BCUT2D eigenvalue weighted by Gasteiger charge is 2.07. The highest BCUT2D eigenvalue weighted by atomic mass is 19.1. The Balaban J connectivity index is 2.45. The molecule has 0 unspecified atom stereocenters. The van der Waals surface area contributed by atoms with Gasteiger partial charge in [0.05, 0.1) is 5.69 Å². The average molecular weight is 230 g/mol. The second kappa shape index (κ2) is 4.95. The molecule has 88 valence electrons. The molecule has 0 aliphatic carbocycles. The molecule has 1 aromatic heterocycles. The van der Waals surface area contributed by atoms with Crippen molar-refractivity contribution in [1.82, 2.24) is 4.98 Å². The summed E-state index contributed by atoms with van der Waals surface area (Å²) in [5.74, 6) is -0.196. The summed E-state index contributed by atoms with van der Waals surface area (Å²) in [6.07, 6.45) is 1.73. The van der Waals surface area contributed by atoms with Gasteiger partial charge in [-0.05, 0) is 37.6 Å². The number of benzene rings is 1. The quantitative estimate of drug-likeness (QED) is 0.871. The molecule has 3 heteroatoms. The smallest absolute Gasteiger partial charge is 0.126 e. The molecule has 2 nitrogen and oxygen atoms in total. The number of nitrogens with one attached hydrogen (secondary N) is 1. The van der Waals surface area contributed by atoms with Crippen molar-refractivity contribution in [3.05, 3.63) is 47.9 Å². The van der Waals surface area contributed by atoms with E-state index in [2.05, 4.69) is 10.3 Å². The summed E-state index contributed by atoms with van der Waals surface area (Å²) >= 11 is 0. The van der Waals surface area contributed by atoms with Crippen molar-refractivity contribution in [3.63, 3.8) is 0 Å². The van der Waals surface area contributed by atoms with Crippen LogP contribution in [0, 0.1) is 12.7 Å². The largest absolute Gasteiger partial charge is 0.385 e. The highest BCUT2D eigenvalue weighted by molar-refractivity contribution is 5.67. The van der Waals surface area contributed by atoms with Crippen molar-refractivity contribution in [2.75, 3.05) is 11.9 Å². The highest BCUT2D eigenvalue weighted by Crippen LogP contribution is 2.25. The van der Waals surface area contributed by atoms with Gasteiger partial charge >= 0.3 is 0 Å². The zero-order chi connectivity index (χ0) is 12.3. The SMILES string of the molecule is CCNc1ccnc(-c2cccc(F)c2C)c1. The predicted octanol–water partition coefficient (Wildman–Crippen LogP) is 3.63. The molecule has 0 atom stereocenters. The summed E-state index contributed by atoms with van der Waals surface area (Å²) in [6, 6.07) is 8.90. The molecule has 0 saturated heterocycles. The maximum absolute atomic E-state index is 13.5. The summed E-state index contributed by atoms with van der Waals surface area (Å²) < 4.78 is 13.5. The second-order valence-electron chi connectivity index (χ2n) is 3.87. The Morgan fingerprint density at radius 1 is 1.29 bits per heavy atom. The van der Waals surface area contributed by atoms with Crippen LogP contribution in [-0.4, -0.2) is 11.5 Å². The minimum atomic E-state index is -0.196. The van der Waals surface area contributed by atoms with Crippen LogP contribution in [0.25, 0.3) is 11.3 Å². The normalized spacial score (nSPS) is 10.3. The lowest BCUT2D eigenvalue weighted by Crippen LogP contribution is -1.97. The lowest BCUT2D eigenvalue weighted by atomic mass is 10.0. The fraction of sp³-hybridized carbons (Fsp3) is 0.214. The summed E-state index contributed by atoms with van der Waals surface area (Å²) in [5, 5.41) is 3.22. The Hall–Kier alpha value is -1.90. The number of hydrogen-bond acceptors (Lipinski definition) is 2. The molecule has 2 aromatic rings. The fourth-order valence-corrected chi connectivity index (χ4v) is 1.78. The van der Waals surface area contributed by atoms with E-state index >= 15 is 0 Å². The third kappa shape index (κ3) is 2.44. The van der Waals surface area contributed by atoms with Crippen molar-refractivity contribution in [3.8, 4) is 11.3 Å². The van der Waals surface area contributed by atoms with Gasteiger partial charge in [-0.25, -0.2) is 4.39 Å². The minimum Gasteiger partial charge on any atom is -0.385 e. The summed E-state index contributed by atoms with van der Waals surface area (Å²) in [6.45, 7) is 4.66. The molecule has 0 radical (unpaired) electrons. The predicted molar refractivity (Wildman–Crippen MR) is 68.5 cm³/mol. The molecular formula is C14H15FN2. The van der Waals surface area contributed by atoms with E-state index in [1.165, 1.54) is 6.07 Å². The molecular weight excluding hydrogens is 215 g/mol. The standard InChI is InChI=1S/C14H15FN2/c1-3-16-11-7-8-17-14(9-11)12-5-4-6-13(15)10(12)2/h4-9H,3H2,1-2H3,(H,16,17). The van der Waals surface area contributed by atoms with Crippen LogP contribution in [0.5, 0.6) is 0 Å². The Bertz CT molecular complexity index is 523. The number of pyridine rings is 1. The Morgan fingerprint density at radius 2 is 2.12 bits per heavy atom. The van der Waals surface area contributed by atoms with Gasteiger partial charge in [0.25, 0.3) is 0 Å². The van der Waals surface area contributed by atoms with Crippen LogP contribution < -0.4 is 5.32 Å². The fourth-order valence-electron chi connectivity index (χ4n) is 1.78. The molecule has 0 aliphatic rings. The van der Waals surface area contributed by atoms with Gasteiger partial charge < -0.3 is 5.32 Å². The molecule has 0 saturated carbocycles. The Kier molecular flexibility index (Phi) is 3.38. The number of nitrogens with zero attached hydrogens (tertiary/aromatic N) is 1. The lowest BCUT2D eigenvalue weighted by molar-refractivity contribution is 0.619. The average Bonchev–Trinajstić information content (AvgIpc) is 2.33. The van der Waals surface area contributed by atoms with Gasteiger partial charge in [0, 0.05) is 24.0 Å². The van der Waals surface area contributed by atoms with Crippen LogP contribution >= 0.6 is 0 Å². The van der Waals surface area contributed by atoms with Gasteiger partial charge in [-0.1, -0.05) is 12.1 Å². The third-order valence-electron chi connectivity index (χ3n) is 2.68. The first-order valence-corrected chi connectivity index (χ1v) is 5.67. The summed E-state index contributed by atoms with van der Waals surface area (Å²) in [4.78, 5) is 4.29. The van der Waals surface area contributed by atoms with E-state index in [0.29, 0.717) is 5.56 Å². The zero-order valence-electron chi connectivity index (χ0n) is 10.00. The number of anilines is 1. The van der Waals surface area contributed by atoms with E-state index in [4.69, 9.17) is 0 Å². The van der Waals surface area contributed by atoms with Crippen LogP contribution in [-0.2, 0) is 0 Å². The second-order valence-corrected chi connectivity index (χ2v) is 3.87. The van der Waals surface area contributed by atoms with Crippen LogP contribution in [0.3, 0.4) is 0 Å². The first kappa shape index (κ1) is 11.6. The number of aromatic nitrogens is 1. The van der Waals surface area contributed by atoms with Gasteiger partial charge in [0.15, 0.2) is 0 Å². The van der Waals surface area contributed by atoms with Crippen molar-refractivity contribution < 1.29 is 4.39 Å². The summed E-state index contributed by atoms with van der Waals surface area (Å²) in [5.41, 5.74) is 3.26. The lowest BCUT2D eigenvalue weighted by Gasteiger charge is -2.08. The first-order chi connectivity index (χ1) is 8.22. The Labute approximate surface area is 101 Å². The van der Waals surface area contributed by atoms with Crippen molar-refractivity contribution in [2.45, 2.75) is 13.8 Å². The van der Waals surface area contributed by atoms with Gasteiger partial charge in [-0.3, -0.25) is 4.98 Å². The van der Waals surface area contributed by atoms with Gasteiger partial charge in [-0.15, -0.1) is 0 Å². The molecule has 0 bridgehead atoms. The van der Waals surface area contributed by atoms with Crippen LogP contribution in [0.1, 0.15) is 12.5 Å². The molecule has 1 N–H and O–H groups in total. The topological polar surface area (TPSA) is 24.9 Å². The van der Waals surface area contributed by atoms with Gasteiger partial charge in [-0.2, -0.15) is 0 Å². The monoisotopic (exact) mass is 230 g/mol. The van der Waals surface area contributed by atoms with Gasteiger partial charge in [0.2, 0.25) is 0 Å². The van der Waals surface area contributed by atoms with E-state index in [1.54, 1.807) is 19.2 Å². The maximum Gasteiger partial charge on any atom is 0.126 e. The third-order valence-corrected chi connectivity index (χ3v) is 2.68. The zero-order valence-corrected chi connectivity index (χ0v) is 10.00.